The Labute approximate surface area is 85.6 Å². The van der Waals surface area contributed by atoms with E-state index in [2.05, 4.69) is 9.73 Å². The molecule has 0 aliphatic rings. The summed E-state index contributed by atoms with van der Waals surface area (Å²) >= 11 is 0. The summed E-state index contributed by atoms with van der Waals surface area (Å²) in [7, 11) is 0. The van der Waals surface area contributed by atoms with Gasteiger partial charge in [-0.25, -0.2) is 24.7 Å². The van der Waals surface area contributed by atoms with Crippen molar-refractivity contribution in [2.24, 2.45) is 4.99 Å². The molecule has 3 amide bonds. The Morgan fingerprint density at radius 2 is 1.87 bits per heavy atom. The molecule has 0 bridgehead atoms. The van der Waals surface area contributed by atoms with Crippen molar-refractivity contribution in [2.45, 2.75) is 13.8 Å². The molecule has 0 saturated heterocycles. The van der Waals surface area contributed by atoms with Crippen LogP contribution in [0.2, 0.25) is 0 Å². The molecule has 0 fully saturated rings. The summed E-state index contributed by atoms with van der Waals surface area (Å²) in [5.74, 6) is 0. The molecule has 8 heteroatoms. The Hall–Kier alpha value is -2.12. The minimum absolute atomic E-state index is 0.231. The smallest absolute Gasteiger partial charge is 0.450 e. The molecular formula is C7H12N2O6. The zero-order chi connectivity index (χ0) is 12.3. The number of carbonyl (C=O) groups excluding carboxylic acids is 2. The second-order valence-electron chi connectivity index (χ2n) is 1.82. The average molecular weight is 220 g/mol. The molecule has 86 valence electrons. The van der Waals surface area contributed by atoms with Crippen molar-refractivity contribution >= 4 is 24.5 Å². The highest BCUT2D eigenvalue weighted by atomic mass is 16.6. The number of rotatable bonds is 1. The summed E-state index contributed by atoms with van der Waals surface area (Å²) in [5, 5.41) is 15.8. The van der Waals surface area contributed by atoms with Gasteiger partial charge in [0.15, 0.2) is 0 Å². The Morgan fingerprint density at radius 3 is 2.20 bits per heavy atom. The fourth-order valence-corrected chi connectivity index (χ4v) is 0.404. The van der Waals surface area contributed by atoms with Crippen molar-refractivity contribution in [1.29, 1.82) is 0 Å². The summed E-state index contributed by atoms with van der Waals surface area (Å²) < 4.78 is 4.41. The van der Waals surface area contributed by atoms with E-state index >= 15 is 0 Å². The third-order valence-electron chi connectivity index (χ3n) is 0.731. The second kappa shape index (κ2) is 9.96. The first-order chi connectivity index (χ1) is 6.93. The molecule has 0 unspecified atom stereocenters. The van der Waals surface area contributed by atoms with Crippen LogP contribution in [0.25, 0.3) is 0 Å². The number of ether oxygens (including phenoxy) is 1. The highest BCUT2D eigenvalue weighted by molar-refractivity contribution is 5.94. The molecule has 3 N–H and O–H groups in total. The van der Waals surface area contributed by atoms with Crippen LogP contribution >= 0.6 is 0 Å². The quantitative estimate of drug-likeness (QED) is 0.569. The second-order valence-corrected chi connectivity index (χ2v) is 1.82. The fraction of sp³-hybridized carbons (Fsp3) is 0.429. The van der Waals surface area contributed by atoms with Crippen molar-refractivity contribution in [3.63, 3.8) is 0 Å². The van der Waals surface area contributed by atoms with Crippen LogP contribution in [0, 0.1) is 0 Å². The van der Waals surface area contributed by atoms with Gasteiger partial charge in [-0.1, -0.05) is 0 Å². The van der Waals surface area contributed by atoms with Crippen molar-refractivity contribution < 1.29 is 29.3 Å². The number of nitrogens with zero attached hydrogens (tertiary/aromatic N) is 1. The highest BCUT2D eigenvalue weighted by Gasteiger charge is 2.03. The first-order valence-electron chi connectivity index (χ1n) is 3.82. The predicted molar refractivity (Wildman–Crippen MR) is 50.4 cm³/mol. The third-order valence-corrected chi connectivity index (χ3v) is 0.731. The Kier molecular flexibility index (Phi) is 10.2. The molecule has 0 spiro atoms. The number of alkyl carbamates (subject to hydrolysis) is 1. The topological polar surface area (TPSA) is 125 Å². The number of amides is 3. The zero-order valence-electron chi connectivity index (χ0n) is 8.26. The lowest BCUT2D eigenvalue weighted by molar-refractivity contribution is 0.136. The summed E-state index contributed by atoms with van der Waals surface area (Å²) in [4.78, 5) is 32.8. The standard InChI is InChI=1S/C6H10N2O3.CH2O3/c1-3-7-5(9)8-6(10)11-4-2;2-1(3)4/h3H,4H2,1-2H3,(H,8,9,10);(H2,2,3,4). The van der Waals surface area contributed by atoms with Crippen LogP contribution in [0.4, 0.5) is 14.4 Å². The summed E-state index contributed by atoms with van der Waals surface area (Å²) in [6.45, 7) is 3.45. The van der Waals surface area contributed by atoms with Crippen molar-refractivity contribution in [3.05, 3.63) is 0 Å². The van der Waals surface area contributed by atoms with Crippen LogP contribution < -0.4 is 5.32 Å². The molecule has 0 heterocycles. The molecule has 0 radical (unpaired) electrons. The van der Waals surface area contributed by atoms with E-state index in [4.69, 9.17) is 15.0 Å². The molecule has 0 aliphatic carbocycles. The number of hydrogen-bond acceptors (Lipinski definition) is 4. The average Bonchev–Trinajstić information content (AvgIpc) is 2.03. The Balaban J connectivity index is 0. The molecular weight excluding hydrogens is 208 g/mol. The number of hydrogen-bond donors (Lipinski definition) is 3. The number of aliphatic imine (C=N–C) groups is 1. The van der Waals surface area contributed by atoms with Gasteiger partial charge in [0.2, 0.25) is 0 Å². The minimum Gasteiger partial charge on any atom is -0.450 e. The molecule has 0 rings (SSSR count). The molecule has 0 saturated carbocycles. The van der Waals surface area contributed by atoms with Gasteiger partial charge in [0.05, 0.1) is 6.61 Å². The van der Waals surface area contributed by atoms with E-state index in [1.54, 1.807) is 13.8 Å². The predicted octanol–water partition coefficient (Wildman–Crippen LogP) is 1.17. The zero-order valence-corrected chi connectivity index (χ0v) is 8.26. The monoisotopic (exact) mass is 220 g/mol. The first-order valence-corrected chi connectivity index (χ1v) is 3.82. The number of nitrogens with one attached hydrogen (secondary N) is 1. The van der Waals surface area contributed by atoms with Gasteiger partial charge in [-0.3, -0.25) is 0 Å². The van der Waals surface area contributed by atoms with Gasteiger partial charge in [-0.2, -0.15) is 0 Å². The summed E-state index contributed by atoms with van der Waals surface area (Å²) in [6, 6.07) is -0.717. The lowest BCUT2D eigenvalue weighted by Crippen LogP contribution is -2.28. The van der Waals surface area contributed by atoms with Crippen LogP contribution in [0.1, 0.15) is 13.8 Å². The lowest BCUT2D eigenvalue weighted by atomic mass is 10.8. The number of carbonyl (C=O) groups is 3. The molecule has 0 aromatic rings. The van der Waals surface area contributed by atoms with Gasteiger partial charge < -0.3 is 14.9 Å². The molecule has 0 aromatic carbocycles. The van der Waals surface area contributed by atoms with E-state index in [9.17, 15) is 9.59 Å². The minimum atomic E-state index is -1.83. The van der Waals surface area contributed by atoms with Crippen LogP contribution in [0.15, 0.2) is 4.99 Å². The Morgan fingerprint density at radius 1 is 1.40 bits per heavy atom. The SMILES string of the molecule is CC=NC(=O)NC(=O)OCC.O=C(O)O. The van der Waals surface area contributed by atoms with Gasteiger partial charge >= 0.3 is 18.3 Å². The van der Waals surface area contributed by atoms with Crippen molar-refractivity contribution in [2.75, 3.05) is 6.61 Å². The maximum absolute atomic E-state index is 10.5. The largest absolute Gasteiger partial charge is 0.503 e. The van der Waals surface area contributed by atoms with Crippen LogP contribution in [0.5, 0.6) is 0 Å². The molecule has 0 atom stereocenters. The maximum Gasteiger partial charge on any atom is 0.503 e. The third kappa shape index (κ3) is 18.7. The van der Waals surface area contributed by atoms with E-state index in [1.165, 1.54) is 6.21 Å². The molecule has 15 heavy (non-hydrogen) atoms. The summed E-state index contributed by atoms with van der Waals surface area (Å²) in [6.07, 6.45) is -1.32. The van der Waals surface area contributed by atoms with Crippen molar-refractivity contribution in [3.8, 4) is 0 Å². The maximum atomic E-state index is 10.5. The van der Waals surface area contributed by atoms with Gasteiger partial charge in [0, 0.05) is 6.21 Å². The van der Waals surface area contributed by atoms with Gasteiger partial charge in [-0.15, -0.1) is 0 Å². The summed E-state index contributed by atoms with van der Waals surface area (Å²) in [5.41, 5.74) is 0. The molecule has 8 nitrogen and oxygen atoms in total. The number of urea groups is 1. The van der Waals surface area contributed by atoms with Crippen molar-refractivity contribution in [1.82, 2.24) is 5.32 Å². The van der Waals surface area contributed by atoms with Crippen LogP contribution in [-0.2, 0) is 4.74 Å². The van der Waals surface area contributed by atoms with Crippen LogP contribution in [0.3, 0.4) is 0 Å². The Bertz CT molecular complexity index is 246. The fourth-order valence-electron chi connectivity index (χ4n) is 0.404. The first kappa shape index (κ1) is 15.4. The normalized spacial score (nSPS) is 8.67. The highest BCUT2D eigenvalue weighted by Crippen LogP contribution is 1.78. The van der Waals surface area contributed by atoms with E-state index in [-0.39, 0.29) is 6.61 Å². The van der Waals surface area contributed by atoms with Gasteiger partial charge in [0.1, 0.15) is 0 Å². The van der Waals surface area contributed by atoms with Crippen LogP contribution in [-0.4, -0.2) is 41.3 Å². The van der Waals surface area contributed by atoms with E-state index in [0.29, 0.717) is 0 Å². The van der Waals surface area contributed by atoms with E-state index < -0.39 is 18.3 Å². The lowest BCUT2D eigenvalue weighted by Gasteiger charge is -1.98. The van der Waals surface area contributed by atoms with Gasteiger partial charge in [0.25, 0.3) is 0 Å². The number of imide groups is 1. The van der Waals surface area contributed by atoms with E-state index in [0.717, 1.165) is 0 Å². The molecule has 0 aliphatic heterocycles. The number of carboxylic acid groups (broad SMARTS) is 2. The van der Waals surface area contributed by atoms with Gasteiger partial charge in [-0.05, 0) is 13.8 Å². The molecule has 0 aromatic heterocycles. The van der Waals surface area contributed by atoms with E-state index in [1.807, 2.05) is 5.32 Å².